The van der Waals surface area contributed by atoms with Crippen molar-refractivity contribution in [1.82, 2.24) is 0 Å². The van der Waals surface area contributed by atoms with E-state index in [0.29, 0.717) is 12.0 Å². The maximum Gasteiger partial charge on any atom is 0.310 e. The zero-order valence-electron chi connectivity index (χ0n) is 10.9. The Labute approximate surface area is 107 Å². The van der Waals surface area contributed by atoms with E-state index in [-0.39, 0.29) is 6.42 Å². The third-order valence-electron chi connectivity index (χ3n) is 2.41. The fourth-order valence-corrected chi connectivity index (χ4v) is 1.81. The average Bonchev–Trinajstić information content (AvgIpc) is 2.18. The van der Waals surface area contributed by atoms with Gasteiger partial charge in [-0.2, -0.15) is 0 Å². The van der Waals surface area contributed by atoms with E-state index in [1.807, 2.05) is 0 Å². The van der Waals surface area contributed by atoms with Gasteiger partial charge in [-0.25, -0.2) is 4.39 Å². The molecule has 0 fully saturated rings. The summed E-state index contributed by atoms with van der Waals surface area (Å²) in [5.41, 5.74) is -0.574. The molecule has 1 atom stereocenters. The van der Waals surface area contributed by atoms with Crippen LogP contribution >= 0.6 is 0 Å². The smallest absolute Gasteiger partial charge is 0.310 e. The Morgan fingerprint density at radius 3 is 2.61 bits per heavy atom. The molecule has 3 nitrogen and oxygen atoms in total. The number of hydrogen-bond acceptors (Lipinski definition) is 3. The molecule has 0 aliphatic rings. The van der Waals surface area contributed by atoms with Crippen molar-refractivity contribution in [2.45, 2.75) is 45.3 Å². The molecule has 1 aromatic rings. The molecule has 0 heterocycles. The summed E-state index contributed by atoms with van der Waals surface area (Å²) in [6.07, 6.45) is -0.150. The SMILES string of the molecule is C[C@H](CC(C)(C)O)OC(=O)Cc1ccccc1F. The Hall–Kier alpha value is -1.42. The zero-order chi connectivity index (χ0) is 13.8. The molecule has 0 unspecified atom stereocenters. The third-order valence-corrected chi connectivity index (χ3v) is 2.41. The first-order chi connectivity index (χ1) is 8.28. The van der Waals surface area contributed by atoms with E-state index >= 15 is 0 Å². The Morgan fingerprint density at radius 1 is 1.44 bits per heavy atom. The van der Waals surface area contributed by atoms with Gasteiger partial charge in [0.2, 0.25) is 0 Å². The van der Waals surface area contributed by atoms with Crippen LogP contribution in [-0.2, 0) is 16.0 Å². The Kier molecular flexibility index (Phi) is 4.84. The van der Waals surface area contributed by atoms with Crippen LogP contribution in [0.4, 0.5) is 4.39 Å². The molecule has 1 N–H and O–H groups in total. The van der Waals surface area contributed by atoms with E-state index in [1.54, 1.807) is 39.0 Å². The number of aliphatic hydroxyl groups is 1. The largest absolute Gasteiger partial charge is 0.462 e. The first-order valence-electron chi connectivity index (χ1n) is 5.93. The molecule has 1 aromatic carbocycles. The highest BCUT2D eigenvalue weighted by Crippen LogP contribution is 2.14. The van der Waals surface area contributed by atoms with Gasteiger partial charge in [0, 0.05) is 6.42 Å². The van der Waals surface area contributed by atoms with E-state index < -0.39 is 23.5 Å². The maximum absolute atomic E-state index is 13.3. The van der Waals surface area contributed by atoms with Gasteiger partial charge < -0.3 is 9.84 Å². The summed E-state index contributed by atoms with van der Waals surface area (Å²) in [5, 5.41) is 9.58. The third kappa shape index (κ3) is 5.27. The number of halogens is 1. The van der Waals surface area contributed by atoms with Crippen molar-refractivity contribution < 1.29 is 19.0 Å². The summed E-state index contributed by atoms with van der Waals surface area (Å²) in [6, 6.07) is 6.10. The van der Waals surface area contributed by atoms with Gasteiger partial charge in [0.15, 0.2) is 0 Å². The number of esters is 1. The van der Waals surface area contributed by atoms with Crippen molar-refractivity contribution in [1.29, 1.82) is 0 Å². The molecule has 0 saturated heterocycles. The molecule has 0 aliphatic carbocycles. The van der Waals surface area contributed by atoms with Crippen LogP contribution in [0.3, 0.4) is 0 Å². The number of benzene rings is 1. The monoisotopic (exact) mass is 254 g/mol. The number of rotatable bonds is 5. The minimum Gasteiger partial charge on any atom is -0.462 e. The highest BCUT2D eigenvalue weighted by Gasteiger charge is 2.20. The molecule has 0 aromatic heterocycles. The van der Waals surface area contributed by atoms with Crippen LogP contribution in [0.2, 0.25) is 0 Å². The van der Waals surface area contributed by atoms with Gasteiger partial charge in [0.25, 0.3) is 0 Å². The van der Waals surface area contributed by atoms with Crippen LogP contribution in [0.5, 0.6) is 0 Å². The Morgan fingerprint density at radius 2 is 2.06 bits per heavy atom. The molecule has 18 heavy (non-hydrogen) atoms. The van der Waals surface area contributed by atoms with E-state index in [0.717, 1.165) is 0 Å². The molecule has 1 rings (SSSR count). The molecule has 0 saturated carbocycles. The van der Waals surface area contributed by atoms with Gasteiger partial charge >= 0.3 is 5.97 Å². The predicted octanol–water partition coefficient (Wildman–Crippen LogP) is 2.46. The quantitative estimate of drug-likeness (QED) is 0.821. The van der Waals surface area contributed by atoms with Gasteiger partial charge in [-0.3, -0.25) is 4.79 Å². The summed E-state index contributed by atoms with van der Waals surface area (Å²) in [6.45, 7) is 5.00. The predicted molar refractivity (Wildman–Crippen MR) is 66.6 cm³/mol. The van der Waals surface area contributed by atoms with E-state index in [2.05, 4.69) is 0 Å². The Bertz CT molecular complexity index is 410. The second-order valence-electron chi connectivity index (χ2n) is 5.09. The first kappa shape index (κ1) is 14.6. The number of carbonyl (C=O) groups excluding carboxylic acids is 1. The second-order valence-corrected chi connectivity index (χ2v) is 5.09. The lowest BCUT2D eigenvalue weighted by Gasteiger charge is -2.22. The summed E-state index contributed by atoms with van der Waals surface area (Å²) in [5.74, 6) is -0.901. The number of ether oxygens (including phenoxy) is 1. The lowest BCUT2D eigenvalue weighted by atomic mass is 10.0. The summed E-state index contributed by atoms with van der Waals surface area (Å²) in [7, 11) is 0. The second kappa shape index (κ2) is 5.96. The number of carbonyl (C=O) groups is 1. The van der Waals surface area contributed by atoms with Crippen LogP contribution < -0.4 is 0 Å². The Balaban J connectivity index is 2.50. The zero-order valence-corrected chi connectivity index (χ0v) is 10.9. The van der Waals surface area contributed by atoms with Crippen LogP contribution in [-0.4, -0.2) is 22.8 Å². The minimum absolute atomic E-state index is 0.0944. The van der Waals surface area contributed by atoms with Crippen LogP contribution in [0.25, 0.3) is 0 Å². The van der Waals surface area contributed by atoms with Gasteiger partial charge in [-0.15, -0.1) is 0 Å². The van der Waals surface area contributed by atoms with Crippen molar-refractivity contribution in [2.24, 2.45) is 0 Å². The fourth-order valence-electron chi connectivity index (χ4n) is 1.81. The van der Waals surface area contributed by atoms with Crippen molar-refractivity contribution in [3.05, 3.63) is 35.6 Å². The number of hydrogen-bond donors (Lipinski definition) is 1. The maximum atomic E-state index is 13.3. The van der Waals surface area contributed by atoms with Crippen molar-refractivity contribution in [3.63, 3.8) is 0 Å². The highest BCUT2D eigenvalue weighted by molar-refractivity contribution is 5.72. The van der Waals surface area contributed by atoms with Crippen molar-refractivity contribution in [3.8, 4) is 0 Å². The first-order valence-corrected chi connectivity index (χ1v) is 5.93. The summed E-state index contributed by atoms with van der Waals surface area (Å²) >= 11 is 0. The van der Waals surface area contributed by atoms with E-state index in [4.69, 9.17) is 4.74 Å². The molecule has 0 spiro atoms. The molecule has 0 radical (unpaired) electrons. The van der Waals surface area contributed by atoms with Crippen LogP contribution in [0.1, 0.15) is 32.8 Å². The van der Waals surface area contributed by atoms with Crippen LogP contribution in [0, 0.1) is 5.82 Å². The molecular weight excluding hydrogens is 235 g/mol. The average molecular weight is 254 g/mol. The van der Waals surface area contributed by atoms with E-state index in [9.17, 15) is 14.3 Å². The van der Waals surface area contributed by atoms with Gasteiger partial charge in [0.1, 0.15) is 11.9 Å². The summed E-state index contributed by atoms with van der Waals surface area (Å²) < 4.78 is 18.4. The lowest BCUT2D eigenvalue weighted by Crippen LogP contribution is -2.28. The van der Waals surface area contributed by atoms with Crippen molar-refractivity contribution in [2.75, 3.05) is 0 Å². The van der Waals surface area contributed by atoms with E-state index in [1.165, 1.54) is 6.07 Å². The molecule has 0 bridgehead atoms. The van der Waals surface area contributed by atoms with Gasteiger partial charge in [-0.1, -0.05) is 18.2 Å². The minimum atomic E-state index is -0.891. The molecule has 100 valence electrons. The highest BCUT2D eigenvalue weighted by atomic mass is 19.1. The summed E-state index contributed by atoms with van der Waals surface area (Å²) in [4.78, 5) is 11.6. The normalized spacial score (nSPS) is 13.2. The standard InChI is InChI=1S/C14H19FO3/c1-10(9-14(2,3)17)18-13(16)8-11-6-4-5-7-12(11)15/h4-7,10,17H,8-9H2,1-3H3/t10-/m1/s1. The molecule has 0 amide bonds. The van der Waals surface area contributed by atoms with Crippen LogP contribution in [0.15, 0.2) is 24.3 Å². The molecular formula is C14H19FO3. The van der Waals surface area contributed by atoms with Gasteiger partial charge in [0.05, 0.1) is 12.0 Å². The van der Waals surface area contributed by atoms with Gasteiger partial charge in [-0.05, 0) is 32.4 Å². The topological polar surface area (TPSA) is 46.5 Å². The lowest BCUT2D eigenvalue weighted by molar-refractivity contribution is -0.149. The van der Waals surface area contributed by atoms with Crippen molar-refractivity contribution >= 4 is 5.97 Å². The molecule has 4 heteroatoms. The molecule has 0 aliphatic heterocycles. The fraction of sp³-hybridized carbons (Fsp3) is 0.500.